The molecular weight excluding hydrogens is 340 g/mol. The number of aromatic nitrogens is 2. The van der Waals surface area contributed by atoms with Gasteiger partial charge in [0.05, 0.1) is 7.11 Å². The van der Waals surface area contributed by atoms with Gasteiger partial charge in [-0.1, -0.05) is 19.1 Å². The normalized spacial score (nSPS) is 16.8. The maximum atomic E-state index is 12.5. The Hall–Kier alpha value is -2.63. The molecule has 144 valence electrons. The number of nitrogens with zero attached hydrogens (tertiary/aromatic N) is 3. The van der Waals surface area contributed by atoms with Gasteiger partial charge >= 0.3 is 0 Å². The minimum atomic E-state index is -0.155. The molecule has 1 atom stereocenters. The smallest absolute Gasteiger partial charge is 0.270 e. The van der Waals surface area contributed by atoms with Crippen molar-refractivity contribution in [2.75, 3.05) is 25.1 Å². The summed E-state index contributed by atoms with van der Waals surface area (Å²) in [6.45, 7) is 3.76. The van der Waals surface area contributed by atoms with E-state index in [2.05, 4.69) is 27.1 Å². The van der Waals surface area contributed by atoms with E-state index in [1.165, 1.54) is 25.6 Å². The first-order valence-corrected chi connectivity index (χ1v) is 9.71. The molecular formula is C21H28N4O2. The summed E-state index contributed by atoms with van der Waals surface area (Å²) in [6.07, 6.45) is 6.97. The summed E-state index contributed by atoms with van der Waals surface area (Å²) >= 11 is 0. The summed E-state index contributed by atoms with van der Waals surface area (Å²) in [5.41, 5.74) is 1.58. The molecule has 0 radical (unpaired) electrons. The van der Waals surface area contributed by atoms with Crippen LogP contribution in [0, 0.1) is 0 Å². The van der Waals surface area contributed by atoms with E-state index in [-0.39, 0.29) is 5.91 Å². The zero-order chi connectivity index (χ0) is 19.1. The van der Waals surface area contributed by atoms with Gasteiger partial charge in [0.15, 0.2) is 0 Å². The fraction of sp³-hybridized carbons (Fsp3) is 0.476. The summed E-state index contributed by atoms with van der Waals surface area (Å²) in [5, 5.41) is 2.95. The summed E-state index contributed by atoms with van der Waals surface area (Å²) in [7, 11) is 1.65. The van der Waals surface area contributed by atoms with Crippen molar-refractivity contribution < 1.29 is 9.53 Å². The second kappa shape index (κ2) is 9.35. The standard InChI is InChI=1S/C21H28N4O2/c1-3-17-6-4-5-13-25(17)20-14-19(23-15-24-20)21(26)22-12-11-16-7-9-18(27-2)10-8-16/h7-10,14-15,17H,3-6,11-13H2,1-2H3,(H,22,26). The van der Waals surface area contributed by atoms with Crippen LogP contribution in [0.3, 0.4) is 0 Å². The number of hydrogen-bond donors (Lipinski definition) is 1. The Bertz CT molecular complexity index is 748. The first-order valence-electron chi connectivity index (χ1n) is 9.71. The van der Waals surface area contributed by atoms with Crippen molar-refractivity contribution in [3.63, 3.8) is 0 Å². The van der Waals surface area contributed by atoms with Gasteiger partial charge in [-0.2, -0.15) is 0 Å². The van der Waals surface area contributed by atoms with Gasteiger partial charge in [0.1, 0.15) is 23.6 Å². The molecule has 0 spiro atoms. The van der Waals surface area contributed by atoms with Crippen LogP contribution in [-0.4, -0.2) is 42.1 Å². The third-order valence-electron chi connectivity index (χ3n) is 5.14. The highest BCUT2D eigenvalue weighted by Crippen LogP contribution is 2.24. The zero-order valence-corrected chi connectivity index (χ0v) is 16.1. The van der Waals surface area contributed by atoms with Crippen molar-refractivity contribution in [2.24, 2.45) is 0 Å². The van der Waals surface area contributed by atoms with E-state index >= 15 is 0 Å². The number of anilines is 1. The number of amides is 1. The molecule has 1 saturated heterocycles. The Morgan fingerprint density at radius 1 is 1.26 bits per heavy atom. The molecule has 2 aromatic rings. The molecule has 2 heterocycles. The van der Waals surface area contributed by atoms with Gasteiger partial charge in [-0.05, 0) is 49.8 Å². The van der Waals surface area contributed by atoms with Gasteiger partial charge in [-0.25, -0.2) is 9.97 Å². The third-order valence-corrected chi connectivity index (χ3v) is 5.14. The molecule has 1 amide bonds. The first-order chi connectivity index (χ1) is 13.2. The van der Waals surface area contributed by atoms with E-state index < -0.39 is 0 Å². The van der Waals surface area contributed by atoms with Gasteiger partial charge < -0.3 is 15.0 Å². The molecule has 3 rings (SSSR count). The second-order valence-electron chi connectivity index (χ2n) is 6.87. The lowest BCUT2D eigenvalue weighted by Gasteiger charge is -2.36. The van der Waals surface area contributed by atoms with Crippen LogP contribution in [-0.2, 0) is 6.42 Å². The van der Waals surface area contributed by atoms with Crippen molar-refractivity contribution in [3.8, 4) is 5.75 Å². The lowest BCUT2D eigenvalue weighted by molar-refractivity contribution is 0.0949. The van der Waals surface area contributed by atoms with Gasteiger partial charge in [-0.15, -0.1) is 0 Å². The fourth-order valence-electron chi connectivity index (χ4n) is 3.56. The fourth-order valence-corrected chi connectivity index (χ4v) is 3.56. The third kappa shape index (κ3) is 4.96. The Labute approximate surface area is 161 Å². The Morgan fingerprint density at radius 2 is 2.07 bits per heavy atom. The highest BCUT2D eigenvalue weighted by Gasteiger charge is 2.23. The molecule has 0 saturated carbocycles. The lowest BCUT2D eigenvalue weighted by atomic mass is 10.00. The summed E-state index contributed by atoms with van der Waals surface area (Å²) in [6, 6.07) is 10.2. The van der Waals surface area contributed by atoms with E-state index in [4.69, 9.17) is 4.74 Å². The monoisotopic (exact) mass is 368 g/mol. The van der Waals surface area contributed by atoms with Crippen molar-refractivity contribution in [3.05, 3.63) is 47.9 Å². The maximum absolute atomic E-state index is 12.5. The van der Waals surface area contributed by atoms with E-state index in [1.54, 1.807) is 7.11 Å². The van der Waals surface area contributed by atoms with Crippen LogP contribution in [0.1, 0.15) is 48.7 Å². The van der Waals surface area contributed by atoms with Crippen molar-refractivity contribution >= 4 is 11.7 Å². The Balaban J connectivity index is 1.58. The SMILES string of the molecule is CCC1CCCCN1c1cc(C(=O)NCCc2ccc(OC)cc2)ncn1. The summed E-state index contributed by atoms with van der Waals surface area (Å²) in [4.78, 5) is 23.4. The minimum absolute atomic E-state index is 0.155. The molecule has 1 aromatic carbocycles. The molecule has 0 bridgehead atoms. The van der Waals surface area contributed by atoms with Gasteiger partial charge in [0.25, 0.3) is 5.91 Å². The zero-order valence-electron chi connectivity index (χ0n) is 16.1. The number of rotatable bonds is 7. The van der Waals surface area contributed by atoms with E-state index in [0.717, 1.165) is 36.5 Å². The number of ether oxygens (including phenoxy) is 1. The van der Waals surface area contributed by atoms with Crippen LogP contribution in [0.25, 0.3) is 0 Å². The number of nitrogens with one attached hydrogen (secondary N) is 1. The molecule has 1 aliphatic rings. The molecule has 6 nitrogen and oxygen atoms in total. The first kappa shape index (κ1) is 19.1. The van der Waals surface area contributed by atoms with Gasteiger partial charge in [-0.3, -0.25) is 4.79 Å². The summed E-state index contributed by atoms with van der Waals surface area (Å²) in [5.74, 6) is 1.54. The van der Waals surface area contributed by atoms with Crippen LogP contribution in [0.5, 0.6) is 5.75 Å². The van der Waals surface area contributed by atoms with Crippen LogP contribution in [0.15, 0.2) is 36.7 Å². The number of carbonyl (C=O) groups excluding carboxylic acids is 1. The number of piperidine rings is 1. The van der Waals surface area contributed by atoms with Crippen LogP contribution >= 0.6 is 0 Å². The average molecular weight is 368 g/mol. The van der Waals surface area contributed by atoms with Crippen molar-refractivity contribution in [2.45, 2.75) is 45.1 Å². The number of benzene rings is 1. The van der Waals surface area contributed by atoms with Gasteiger partial charge in [0, 0.05) is 25.2 Å². The Kier molecular flexibility index (Phi) is 6.63. The molecule has 1 unspecified atom stereocenters. The molecule has 6 heteroatoms. The van der Waals surface area contributed by atoms with Crippen LogP contribution < -0.4 is 15.0 Å². The molecule has 1 aliphatic heterocycles. The highest BCUT2D eigenvalue weighted by molar-refractivity contribution is 5.92. The predicted molar refractivity (Wildman–Crippen MR) is 106 cm³/mol. The van der Waals surface area contributed by atoms with Crippen LogP contribution in [0.4, 0.5) is 5.82 Å². The second-order valence-corrected chi connectivity index (χ2v) is 6.87. The largest absolute Gasteiger partial charge is 0.497 e. The molecule has 27 heavy (non-hydrogen) atoms. The minimum Gasteiger partial charge on any atom is -0.497 e. The van der Waals surface area contributed by atoms with E-state index in [0.29, 0.717) is 18.3 Å². The highest BCUT2D eigenvalue weighted by atomic mass is 16.5. The average Bonchev–Trinajstić information content (AvgIpc) is 2.74. The van der Waals surface area contributed by atoms with E-state index in [1.807, 2.05) is 30.3 Å². The molecule has 1 fully saturated rings. The Morgan fingerprint density at radius 3 is 2.81 bits per heavy atom. The number of carbonyl (C=O) groups is 1. The van der Waals surface area contributed by atoms with E-state index in [9.17, 15) is 4.79 Å². The number of methoxy groups -OCH3 is 1. The maximum Gasteiger partial charge on any atom is 0.270 e. The van der Waals surface area contributed by atoms with Crippen molar-refractivity contribution in [1.29, 1.82) is 0 Å². The van der Waals surface area contributed by atoms with Crippen molar-refractivity contribution in [1.82, 2.24) is 15.3 Å². The number of hydrogen-bond acceptors (Lipinski definition) is 5. The molecule has 1 aromatic heterocycles. The quantitative estimate of drug-likeness (QED) is 0.813. The molecule has 1 N–H and O–H groups in total. The van der Waals surface area contributed by atoms with Crippen LogP contribution in [0.2, 0.25) is 0 Å². The van der Waals surface area contributed by atoms with Gasteiger partial charge in [0.2, 0.25) is 0 Å². The topological polar surface area (TPSA) is 67.4 Å². The summed E-state index contributed by atoms with van der Waals surface area (Å²) < 4.78 is 5.16. The lowest BCUT2D eigenvalue weighted by Crippen LogP contribution is -2.40. The molecule has 0 aliphatic carbocycles. The predicted octanol–water partition coefficient (Wildman–Crippen LogP) is 3.23.